The topological polar surface area (TPSA) is 72.4 Å². The van der Waals surface area contributed by atoms with Gasteiger partial charge in [0.25, 0.3) is 11.8 Å². The van der Waals surface area contributed by atoms with Crippen LogP contribution in [0.15, 0.2) is 73.1 Å². The van der Waals surface area contributed by atoms with Gasteiger partial charge in [-0.2, -0.15) is 0 Å². The van der Waals surface area contributed by atoms with Crippen molar-refractivity contribution in [3.63, 3.8) is 0 Å². The van der Waals surface area contributed by atoms with Crippen LogP contribution in [-0.4, -0.2) is 35.6 Å². The molecule has 1 unspecified atom stereocenters. The van der Waals surface area contributed by atoms with Crippen molar-refractivity contribution in [2.45, 2.75) is 32.8 Å². The number of amides is 2. The van der Waals surface area contributed by atoms with E-state index in [0.717, 1.165) is 17.0 Å². The minimum atomic E-state index is -0.628. The van der Waals surface area contributed by atoms with Crippen LogP contribution in [0.4, 0.5) is 0 Å². The van der Waals surface area contributed by atoms with E-state index in [-0.39, 0.29) is 11.8 Å². The summed E-state index contributed by atoms with van der Waals surface area (Å²) in [5, 5.41) is 5.62. The molecule has 6 heteroatoms. The van der Waals surface area contributed by atoms with Crippen LogP contribution >= 0.6 is 0 Å². The quantitative estimate of drug-likeness (QED) is 0.517. The van der Waals surface area contributed by atoms with Gasteiger partial charge in [0.2, 0.25) is 0 Å². The Morgan fingerprint density at radius 3 is 2.19 bits per heavy atom. The summed E-state index contributed by atoms with van der Waals surface area (Å²) in [6.07, 6.45) is 3.27. The zero-order chi connectivity index (χ0) is 22.2. The van der Waals surface area contributed by atoms with Crippen LogP contribution in [0.25, 0.3) is 5.69 Å². The number of para-hydroxylation sites is 1. The van der Waals surface area contributed by atoms with E-state index in [1.54, 1.807) is 19.1 Å². The lowest BCUT2D eigenvalue weighted by molar-refractivity contribution is -0.127. The summed E-state index contributed by atoms with van der Waals surface area (Å²) in [7, 11) is 0. The summed E-state index contributed by atoms with van der Waals surface area (Å²) in [5.74, 6) is 0.628. The second-order valence-electron chi connectivity index (χ2n) is 7.64. The SMILES string of the molecule is CC(Oc1ccccc1C(C)C)C(=O)NCCNC(=O)c1ccc(-n2cccc2)cc1. The maximum absolute atomic E-state index is 12.3. The Morgan fingerprint density at radius 1 is 0.871 bits per heavy atom. The monoisotopic (exact) mass is 419 g/mol. The molecular formula is C25H29N3O3. The van der Waals surface area contributed by atoms with Crippen LogP contribution in [0.3, 0.4) is 0 Å². The molecule has 0 aliphatic heterocycles. The van der Waals surface area contributed by atoms with Gasteiger partial charge in [-0.25, -0.2) is 0 Å². The van der Waals surface area contributed by atoms with Gasteiger partial charge in [-0.1, -0.05) is 32.0 Å². The van der Waals surface area contributed by atoms with Crippen LogP contribution < -0.4 is 15.4 Å². The van der Waals surface area contributed by atoms with Crippen molar-refractivity contribution in [1.82, 2.24) is 15.2 Å². The molecule has 1 aromatic heterocycles. The van der Waals surface area contributed by atoms with Crippen molar-refractivity contribution >= 4 is 11.8 Å². The largest absolute Gasteiger partial charge is 0.481 e. The molecule has 0 saturated heterocycles. The van der Waals surface area contributed by atoms with Gasteiger partial charge in [-0.3, -0.25) is 9.59 Å². The van der Waals surface area contributed by atoms with Crippen molar-refractivity contribution in [1.29, 1.82) is 0 Å². The third-order valence-electron chi connectivity index (χ3n) is 4.96. The van der Waals surface area contributed by atoms with E-state index in [0.29, 0.717) is 24.6 Å². The van der Waals surface area contributed by atoms with Crippen molar-refractivity contribution in [2.75, 3.05) is 13.1 Å². The number of hydrogen-bond donors (Lipinski definition) is 2. The van der Waals surface area contributed by atoms with Crippen molar-refractivity contribution in [3.8, 4) is 11.4 Å². The van der Waals surface area contributed by atoms with E-state index in [1.807, 2.05) is 65.5 Å². The second kappa shape index (κ2) is 10.5. The molecule has 162 valence electrons. The molecule has 1 heterocycles. The Labute approximate surface area is 183 Å². The van der Waals surface area contributed by atoms with Crippen molar-refractivity contribution in [3.05, 3.63) is 84.2 Å². The highest BCUT2D eigenvalue weighted by atomic mass is 16.5. The van der Waals surface area contributed by atoms with Gasteiger partial charge in [0, 0.05) is 36.7 Å². The Hall–Kier alpha value is -3.54. The number of benzene rings is 2. The van der Waals surface area contributed by atoms with Gasteiger partial charge >= 0.3 is 0 Å². The molecule has 0 radical (unpaired) electrons. The molecule has 0 bridgehead atoms. The molecule has 0 aliphatic carbocycles. The standard InChI is InChI=1S/C25H29N3O3/c1-18(2)22-8-4-5-9-23(22)31-19(3)24(29)26-14-15-27-25(30)20-10-12-21(13-11-20)28-16-6-7-17-28/h4-13,16-19H,14-15H2,1-3H3,(H,26,29)(H,27,30). The molecule has 31 heavy (non-hydrogen) atoms. The summed E-state index contributed by atoms with van der Waals surface area (Å²) in [4.78, 5) is 24.7. The predicted octanol–water partition coefficient (Wildman–Crippen LogP) is 3.91. The van der Waals surface area contributed by atoms with Gasteiger partial charge in [0.15, 0.2) is 6.10 Å². The first-order valence-corrected chi connectivity index (χ1v) is 10.5. The number of nitrogens with zero attached hydrogens (tertiary/aromatic N) is 1. The maximum Gasteiger partial charge on any atom is 0.260 e. The minimum absolute atomic E-state index is 0.177. The highest BCUT2D eigenvalue weighted by Gasteiger charge is 2.17. The molecule has 2 N–H and O–H groups in total. The van der Waals surface area contributed by atoms with Crippen molar-refractivity contribution < 1.29 is 14.3 Å². The molecule has 3 rings (SSSR count). The lowest BCUT2D eigenvalue weighted by Gasteiger charge is -2.18. The number of nitrogens with one attached hydrogen (secondary N) is 2. The lowest BCUT2D eigenvalue weighted by atomic mass is 10.0. The number of ether oxygens (including phenoxy) is 1. The molecule has 1 atom stereocenters. The molecule has 2 amide bonds. The third kappa shape index (κ3) is 5.98. The second-order valence-corrected chi connectivity index (χ2v) is 7.64. The third-order valence-corrected chi connectivity index (χ3v) is 4.96. The van der Waals surface area contributed by atoms with Crippen LogP contribution in [0.5, 0.6) is 5.75 Å². The van der Waals surface area contributed by atoms with E-state index in [4.69, 9.17) is 4.74 Å². The van der Waals surface area contributed by atoms with Gasteiger partial charge in [-0.05, 0) is 60.9 Å². The van der Waals surface area contributed by atoms with E-state index in [2.05, 4.69) is 24.5 Å². The first-order valence-electron chi connectivity index (χ1n) is 10.5. The minimum Gasteiger partial charge on any atom is -0.481 e. The first kappa shape index (κ1) is 22.2. The molecule has 3 aromatic rings. The molecule has 0 fully saturated rings. The van der Waals surface area contributed by atoms with E-state index in [1.165, 1.54) is 0 Å². The Kier molecular flexibility index (Phi) is 7.49. The normalized spacial score (nSPS) is 11.7. The molecule has 0 aliphatic rings. The van der Waals surface area contributed by atoms with Gasteiger partial charge in [0.05, 0.1) is 0 Å². The Morgan fingerprint density at radius 2 is 1.52 bits per heavy atom. The average Bonchev–Trinajstić information content (AvgIpc) is 3.31. The highest BCUT2D eigenvalue weighted by Crippen LogP contribution is 2.26. The summed E-state index contributed by atoms with van der Waals surface area (Å²) < 4.78 is 7.83. The number of hydrogen-bond acceptors (Lipinski definition) is 3. The maximum atomic E-state index is 12.3. The first-order chi connectivity index (χ1) is 15.0. The lowest BCUT2D eigenvalue weighted by Crippen LogP contribution is -2.40. The number of carbonyl (C=O) groups is 2. The summed E-state index contributed by atoms with van der Waals surface area (Å²) in [6.45, 7) is 6.55. The van der Waals surface area contributed by atoms with Crippen LogP contribution in [-0.2, 0) is 4.79 Å². The van der Waals surface area contributed by atoms with E-state index in [9.17, 15) is 9.59 Å². The Bertz CT molecular complexity index is 995. The molecule has 0 spiro atoms. The van der Waals surface area contributed by atoms with Crippen LogP contribution in [0, 0.1) is 0 Å². The van der Waals surface area contributed by atoms with Crippen LogP contribution in [0.1, 0.15) is 42.6 Å². The van der Waals surface area contributed by atoms with E-state index < -0.39 is 6.10 Å². The molecule has 0 saturated carbocycles. The van der Waals surface area contributed by atoms with Gasteiger partial charge in [0.1, 0.15) is 5.75 Å². The molecule has 2 aromatic carbocycles. The smallest absolute Gasteiger partial charge is 0.260 e. The van der Waals surface area contributed by atoms with Gasteiger partial charge < -0.3 is 19.9 Å². The van der Waals surface area contributed by atoms with Gasteiger partial charge in [-0.15, -0.1) is 0 Å². The zero-order valence-corrected chi connectivity index (χ0v) is 18.2. The van der Waals surface area contributed by atoms with Crippen molar-refractivity contribution in [2.24, 2.45) is 0 Å². The summed E-state index contributed by atoms with van der Waals surface area (Å²) in [6, 6.07) is 19.0. The highest BCUT2D eigenvalue weighted by molar-refractivity contribution is 5.94. The summed E-state index contributed by atoms with van der Waals surface area (Å²) >= 11 is 0. The van der Waals surface area contributed by atoms with Crippen LogP contribution in [0.2, 0.25) is 0 Å². The average molecular weight is 420 g/mol. The number of carbonyl (C=O) groups excluding carboxylic acids is 2. The zero-order valence-electron chi connectivity index (χ0n) is 18.2. The predicted molar refractivity (Wildman–Crippen MR) is 122 cm³/mol. The fourth-order valence-corrected chi connectivity index (χ4v) is 3.21. The number of aromatic nitrogens is 1. The molecular weight excluding hydrogens is 390 g/mol. The summed E-state index contributed by atoms with van der Waals surface area (Å²) in [5.41, 5.74) is 2.63. The van der Waals surface area contributed by atoms with E-state index >= 15 is 0 Å². The fourth-order valence-electron chi connectivity index (χ4n) is 3.21. The fraction of sp³-hybridized carbons (Fsp3) is 0.280. The Balaban J connectivity index is 1.43. The number of rotatable bonds is 9. The molecule has 6 nitrogen and oxygen atoms in total.